The Hall–Kier alpha value is -0.860. The van der Waals surface area contributed by atoms with E-state index >= 15 is 0 Å². The molecule has 0 aromatic heterocycles. The van der Waals surface area contributed by atoms with Gasteiger partial charge in [-0.1, -0.05) is 20.8 Å². The summed E-state index contributed by atoms with van der Waals surface area (Å²) in [6, 6.07) is 0. The van der Waals surface area contributed by atoms with Crippen LogP contribution in [0.1, 0.15) is 40.5 Å². The fourth-order valence-electron chi connectivity index (χ4n) is 2.94. The summed E-state index contributed by atoms with van der Waals surface area (Å²) in [6.07, 6.45) is 1.34. The number of hydrogen-bond donors (Lipinski definition) is 0. The van der Waals surface area contributed by atoms with Gasteiger partial charge in [0.1, 0.15) is 5.78 Å². The molecule has 0 heterocycles. The van der Waals surface area contributed by atoms with E-state index in [1.54, 1.807) is 0 Å². The summed E-state index contributed by atoms with van der Waals surface area (Å²) in [5.74, 6) is 0.328. The summed E-state index contributed by atoms with van der Waals surface area (Å²) in [4.78, 5) is 23.7. The van der Waals surface area contributed by atoms with E-state index in [0.29, 0.717) is 18.8 Å². The van der Waals surface area contributed by atoms with Gasteiger partial charge in [-0.25, -0.2) is 0 Å². The van der Waals surface area contributed by atoms with Crippen molar-refractivity contribution in [1.82, 2.24) is 0 Å². The van der Waals surface area contributed by atoms with Crippen molar-refractivity contribution in [3.63, 3.8) is 0 Å². The highest BCUT2D eigenvalue weighted by molar-refractivity contribution is 5.85. The highest BCUT2D eigenvalue weighted by Crippen LogP contribution is 2.38. The van der Waals surface area contributed by atoms with E-state index in [-0.39, 0.29) is 29.6 Å². The Morgan fingerprint density at radius 2 is 2.00 bits per heavy atom. The summed E-state index contributed by atoms with van der Waals surface area (Å²) >= 11 is 0. The van der Waals surface area contributed by atoms with Gasteiger partial charge in [0.25, 0.3) is 0 Å². The van der Waals surface area contributed by atoms with Crippen LogP contribution in [0, 0.1) is 23.7 Å². The topological polar surface area (TPSA) is 43.4 Å². The van der Waals surface area contributed by atoms with Crippen LogP contribution in [-0.2, 0) is 14.3 Å². The molecule has 16 heavy (non-hydrogen) atoms. The lowest BCUT2D eigenvalue weighted by molar-refractivity contribution is -0.156. The molecule has 0 unspecified atom stereocenters. The molecule has 1 saturated carbocycles. The number of ketones is 1. The molecule has 3 nitrogen and oxygen atoms in total. The SMILES string of the molecule is CCOC(=O)[C@H]1[C@@H](C)[C@H](CC)C(=O)C[C@H]1C. The maximum absolute atomic E-state index is 11.9. The standard InChI is InChI=1S/C13H22O3/c1-5-10-9(4)12(13(15)16-6-2)8(3)7-11(10)14/h8-10,12H,5-7H2,1-4H3/t8-,9+,10+,12-/m1/s1. The Bertz CT molecular complexity index is 272. The summed E-state index contributed by atoms with van der Waals surface area (Å²) in [5, 5.41) is 0. The molecule has 0 amide bonds. The van der Waals surface area contributed by atoms with Gasteiger partial charge in [0.05, 0.1) is 12.5 Å². The van der Waals surface area contributed by atoms with Crippen molar-refractivity contribution in [2.24, 2.45) is 23.7 Å². The number of ether oxygens (including phenoxy) is 1. The van der Waals surface area contributed by atoms with Crippen LogP contribution in [0.3, 0.4) is 0 Å². The summed E-state index contributed by atoms with van der Waals surface area (Å²) in [6.45, 7) is 8.22. The smallest absolute Gasteiger partial charge is 0.309 e. The second kappa shape index (κ2) is 5.46. The Balaban J connectivity index is 2.82. The van der Waals surface area contributed by atoms with Gasteiger partial charge in [-0.15, -0.1) is 0 Å². The average molecular weight is 226 g/mol. The first-order valence-corrected chi connectivity index (χ1v) is 6.22. The minimum absolute atomic E-state index is 0.0330. The number of hydrogen-bond acceptors (Lipinski definition) is 3. The zero-order valence-electron chi connectivity index (χ0n) is 10.7. The first-order chi connectivity index (χ1) is 7.52. The Morgan fingerprint density at radius 1 is 1.38 bits per heavy atom. The summed E-state index contributed by atoms with van der Waals surface area (Å²) < 4.78 is 5.10. The van der Waals surface area contributed by atoms with Gasteiger partial charge >= 0.3 is 5.97 Å². The van der Waals surface area contributed by atoms with Crippen molar-refractivity contribution >= 4 is 11.8 Å². The predicted octanol–water partition coefficient (Wildman–Crippen LogP) is 2.44. The zero-order chi connectivity index (χ0) is 12.3. The van der Waals surface area contributed by atoms with E-state index in [2.05, 4.69) is 0 Å². The molecule has 1 aliphatic carbocycles. The highest BCUT2D eigenvalue weighted by Gasteiger charge is 2.43. The predicted molar refractivity (Wildman–Crippen MR) is 61.9 cm³/mol. The molecule has 1 rings (SSSR count). The summed E-state index contributed by atoms with van der Waals surface area (Å²) in [5.41, 5.74) is 0. The number of carbonyl (C=O) groups is 2. The Kier molecular flexibility index (Phi) is 4.51. The van der Waals surface area contributed by atoms with Crippen LogP contribution in [0.5, 0.6) is 0 Å². The molecule has 0 aliphatic heterocycles. The van der Waals surface area contributed by atoms with Gasteiger partial charge in [0, 0.05) is 12.3 Å². The van der Waals surface area contributed by atoms with E-state index in [1.807, 2.05) is 27.7 Å². The van der Waals surface area contributed by atoms with Crippen molar-refractivity contribution in [3.8, 4) is 0 Å². The molecule has 0 aromatic rings. The molecule has 0 N–H and O–H groups in total. The van der Waals surface area contributed by atoms with E-state index < -0.39 is 0 Å². The van der Waals surface area contributed by atoms with Crippen molar-refractivity contribution in [1.29, 1.82) is 0 Å². The van der Waals surface area contributed by atoms with Crippen molar-refractivity contribution < 1.29 is 14.3 Å². The second-order valence-corrected chi connectivity index (χ2v) is 4.80. The first-order valence-electron chi connectivity index (χ1n) is 6.22. The fourth-order valence-corrected chi connectivity index (χ4v) is 2.94. The molecule has 1 fully saturated rings. The zero-order valence-corrected chi connectivity index (χ0v) is 10.7. The van der Waals surface area contributed by atoms with Gasteiger partial charge in [-0.2, -0.15) is 0 Å². The van der Waals surface area contributed by atoms with Gasteiger partial charge < -0.3 is 4.74 Å². The molecule has 0 bridgehead atoms. The van der Waals surface area contributed by atoms with Crippen molar-refractivity contribution in [2.75, 3.05) is 6.61 Å². The molecule has 0 radical (unpaired) electrons. The minimum atomic E-state index is -0.131. The van der Waals surface area contributed by atoms with E-state index in [9.17, 15) is 9.59 Å². The van der Waals surface area contributed by atoms with Crippen molar-refractivity contribution in [2.45, 2.75) is 40.5 Å². The molecule has 4 atom stereocenters. The molecular formula is C13H22O3. The number of carbonyl (C=O) groups excluding carboxylic acids is 2. The van der Waals surface area contributed by atoms with Crippen LogP contribution in [0.2, 0.25) is 0 Å². The molecule has 0 spiro atoms. The normalized spacial score (nSPS) is 34.9. The first kappa shape index (κ1) is 13.2. The quantitative estimate of drug-likeness (QED) is 0.694. The van der Waals surface area contributed by atoms with Crippen LogP contribution in [0.15, 0.2) is 0 Å². The molecule has 3 heteroatoms. The number of Topliss-reactive ketones (excluding diaryl/α,β-unsaturated/α-hetero) is 1. The van der Waals surface area contributed by atoms with Crippen LogP contribution >= 0.6 is 0 Å². The molecule has 0 saturated heterocycles. The third-order valence-electron chi connectivity index (χ3n) is 3.75. The molecule has 92 valence electrons. The number of rotatable bonds is 3. The third-order valence-corrected chi connectivity index (χ3v) is 3.75. The van der Waals surface area contributed by atoms with Crippen LogP contribution < -0.4 is 0 Å². The summed E-state index contributed by atoms with van der Waals surface area (Å²) in [7, 11) is 0. The van der Waals surface area contributed by atoms with Crippen molar-refractivity contribution in [3.05, 3.63) is 0 Å². The number of esters is 1. The molecule has 1 aliphatic rings. The van der Waals surface area contributed by atoms with E-state index in [1.165, 1.54) is 0 Å². The minimum Gasteiger partial charge on any atom is -0.466 e. The average Bonchev–Trinajstić information content (AvgIpc) is 2.17. The van der Waals surface area contributed by atoms with Gasteiger partial charge in [-0.05, 0) is 25.2 Å². The Morgan fingerprint density at radius 3 is 2.50 bits per heavy atom. The highest BCUT2D eigenvalue weighted by atomic mass is 16.5. The lowest BCUT2D eigenvalue weighted by Gasteiger charge is -2.37. The largest absolute Gasteiger partial charge is 0.466 e. The fraction of sp³-hybridized carbons (Fsp3) is 0.846. The van der Waals surface area contributed by atoms with Crippen LogP contribution in [0.4, 0.5) is 0 Å². The second-order valence-electron chi connectivity index (χ2n) is 4.80. The maximum atomic E-state index is 11.9. The molecule has 0 aromatic carbocycles. The maximum Gasteiger partial charge on any atom is 0.309 e. The van der Waals surface area contributed by atoms with Gasteiger partial charge in [-0.3, -0.25) is 9.59 Å². The van der Waals surface area contributed by atoms with Gasteiger partial charge in [0.2, 0.25) is 0 Å². The van der Waals surface area contributed by atoms with E-state index in [4.69, 9.17) is 4.74 Å². The lowest BCUT2D eigenvalue weighted by atomic mass is 9.66. The lowest BCUT2D eigenvalue weighted by Crippen LogP contribution is -2.42. The Labute approximate surface area is 97.5 Å². The van der Waals surface area contributed by atoms with Gasteiger partial charge in [0.15, 0.2) is 0 Å². The molecular weight excluding hydrogens is 204 g/mol. The third kappa shape index (κ3) is 2.45. The van der Waals surface area contributed by atoms with E-state index in [0.717, 1.165) is 6.42 Å². The van der Waals surface area contributed by atoms with Crippen LogP contribution in [-0.4, -0.2) is 18.4 Å². The monoisotopic (exact) mass is 226 g/mol. The van der Waals surface area contributed by atoms with Crippen LogP contribution in [0.25, 0.3) is 0 Å².